The van der Waals surface area contributed by atoms with Gasteiger partial charge in [-0.2, -0.15) is 0 Å². The van der Waals surface area contributed by atoms with E-state index >= 15 is 0 Å². The van der Waals surface area contributed by atoms with Gasteiger partial charge in [-0.15, -0.1) is 0 Å². The highest BCUT2D eigenvalue weighted by Gasteiger charge is 2.23. The number of halogens is 1. The van der Waals surface area contributed by atoms with Gasteiger partial charge in [-0.3, -0.25) is 4.79 Å². The normalized spacial score (nSPS) is 16.0. The van der Waals surface area contributed by atoms with E-state index in [0.29, 0.717) is 6.61 Å². The van der Waals surface area contributed by atoms with Gasteiger partial charge in [0.25, 0.3) is 5.91 Å². The molecule has 0 fully saturated rings. The van der Waals surface area contributed by atoms with E-state index in [1.165, 1.54) is 0 Å². The van der Waals surface area contributed by atoms with E-state index in [1.807, 2.05) is 50.2 Å². The number of para-hydroxylation sites is 1. The first-order valence-corrected chi connectivity index (χ1v) is 8.74. The molecule has 0 saturated carbocycles. The monoisotopic (exact) mass is 389 g/mol. The fourth-order valence-corrected chi connectivity index (χ4v) is 3.29. The van der Waals surface area contributed by atoms with Crippen LogP contribution in [-0.4, -0.2) is 19.1 Å². The minimum absolute atomic E-state index is 0.00634. The Morgan fingerprint density at radius 1 is 1.29 bits per heavy atom. The van der Waals surface area contributed by atoms with Crippen LogP contribution in [0.5, 0.6) is 11.5 Å². The zero-order valence-corrected chi connectivity index (χ0v) is 15.4. The summed E-state index contributed by atoms with van der Waals surface area (Å²) < 4.78 is 12.3. The predicted octanol–water partition coefficient (Wildman–Crippen LogP) is 4.08. The Kier molecular flexibility index (Phi) is 5.09. The second-order valence-electron chi connectivity index (χ2n) is 5.95. The highest BCUT2D eigenvalue weighted by atomic mass is 79.9. The lowest BCUT2D eigenvalue weighted by molar-refractivity contribution is -0.124. The second kappa shape index (κ2) is 7.26. The molecule has 4 nitrogen and oxygen atoms in total. The zero-order chi connectivity index (χ0) is 17.1. The summed E-state index contributed by atoms with van der Waals surface area (Å²) in [6.07, 6.45) is 0.749. The lowest BCUT2D eigenvalue weighted by Gasteiger charge is -2.27. The number of ether oxygens (including phenoxy) is 2. The quantitative estimate of drug-likeness (QED) is 0.856. The lowest BCUT2D eigenvalue weighted by Crippen LogP contribution is -2.35. The van der Waals surface area contributed by atoms with E-state index in [0.717, 1.165) is 39.1 Å². The molecule has 1 aliphatic heterocycles. The van der Waals surface area contributed by atoms with E-state index in [2.05, 4.69) is 21.2 Å². The Morgan fingerprint density at radius 2 is 2.04 bits per heavy atom. The van der Waals surface area contributed by atoms with Crippen molar-refractivity contribution in [3.05, 3.63) is 57.6 Å². The molecular weight excluding hydrogens is 370 g/mol. The van der Waals surface area contributed by atoms with Gasteiger partial charge >= 0.3 is 0 Å². The summed E-state index contributed by atoms with van der Waals surface area (Å²) in [6, 6.07) is 11.7. The number of nitrogens with one attached hydrogen (secondary N) is 1. The Bertz CT molecular complexity index is 740. The van der Waals surface area contributed by atoms with Crippen molar-refractivity contribution >= 4 is 21.8 Å². The van der Waals surface area contributed by atoms with Gasteiger partial charge < -0.3 is 14.8 Å². The van der Waals surface area contributed by atoms with Crippen LogP contribution in [-0.2, 0) is 4.79 Å². The molecule has 1 atom stereocenters. The van der Waals surface area contributed by atoms with Crippen LogP contribution in [0.2, 0.25) is 0 Å². The van der Waals surface area contributed by atoms with Gasteiger partial charge in [-0.25, -0.2) is 0 Å². The molecule has 2 aromatic rings. The van der Waals surface area contributed by atoms with Gasteiger partial charge in [0, 0.05) is 16.5 Å². The van der Waals surface area contributed by atoms with E-state index in [9.17, 15) is 4.79 Å². The molecule has 24 heavy (non-hydrogen) atoms. The number of carbonyl (C=O) groups excluding carboxylic acids is 1. The standard InChI is InChI=1S/C19H20BrNO3/c1-12-4-3-5-13(2)19(12)24-11-18(22)21-16-8-9-23-17-7-6-14(20)10-15(16)17/h3-7,10,16H,8-9,11H2,1-2H3,(H,21,22). The molecule has 5 heteroatoms. The first kappa shape index (κ1) is 16.8. The van der Waals surface area contributed by atoms with Crippen molar-refractivity contribution in [2.45, 2.75) is 26.3 Å². The van der Waals surface area contributed by atoms with Crippen LogP contribution in [0.1, 0.15) is 29.2 Å². The van der Waals surface area contributed by atoms with Crippen LogP contribution >= 0.6 is 15.9 Å². The lowest BCUT2D eigenvalue weighted by atomic mass is 10.0. The number of hydrogen-bond acceptors (Lipinski definition) is 3. The van der Waals surface area contributed by atoms with Gasteiger partial charge in [0.05, 0.1) is 12.6 Å². The number of amides is 1. The Labute approximate surface area is 150 Å². The average Bonchev–Trinajstić information content (AvgIpc) is 2.55. The number of benzene rings is 2. The summed E-state index contributed by atoms with van der Waals surface area (Å²) in [5.41, 5.74) is 3.06. The summed E-state index contributed by atoms with van der Waals surface area (Å²) in [4.78, 5) is 12.3. The van der Waals surface area contributed by atoms with Crippen molar-refractivity contribution in [3.8, 4) is 11.5 Å². The molecule has 1 unspecified atom stereocenters. The van der Waals surface area contributed by atoms with Gasteiger partial charge in [0.15, 0.2) is 6.61 Å². The zero-order valence-electron chi connectivity index (χ0n) is 13.8. The van der Waals surface area contributed by atoms with Crippen molar-refractivity contribution in [2.75, 3.05) is 13.2 Å². The topological polar surface area (TPSA) is 47.6 Å². The first-order chi connectivity index (χ1) is 11.5. The Hall–Kier alpha value is -2.01. The molecule has 0 aliphatic carbocycles. The summed E-state index contributed by atoms with van der Waals surface area (Å²) >= 11 is 3.47. The third-order valence-electron chi connectivity index (χ3n) is 4.10. The van der Waals surface area contributed by atoms with Crippen LogP contribution in [0.3, 0.4) is 0 Å². The molecule has 3 rings (SSSR count). The summed E-state index contributed by atoms with van der Waals surface area (Å²) in [6.45, 7) is 4.56. The summed E-state index contributed by atoms with van der Waals surface area (Å²) in [5.74, 6) is 1.48. The van der Waals surface area contributed by atoms with Gasteiger partial charge in [-0.05, 0) is 43.2 Å². The molecule has 1 aliphatic rings. The van der Waals surface area contributed by atoms with Crippen molar-refractivity contribution in [3.63, 3.8) is 0 Å². The first-order valence-electron chi connectivity index (χ1n) is 7.95. The fraction of sp³-hybridized carbons (Fsp3) is 0.316. The average molecular weight is 390 g/mol. The maximum absolute atomic E-state index is 12.3. The molecule has 126 valence electrons. The predicted molar refractivity (Wildman–Crippen MR) is 96.5 cm³/mol. The van der Waals surface area contributed by atoms with Gasteiger partial charge in [0.2, 0.25) is 0 Å². The Morgan fingerprint density at radius 3 is 2.79 bits per heavy atom. The number of hydrogen-bond donors (Lipinski definition) is 1. The van der Waals surface area contributed by atoms with Crippen molar-refractivity contribution in [1.82, 2.24) is 5.32 Å². The van der Waals surface area contributed by atoms with E-state index < -0.39 is 0 Å². The fourth-order valence-electron chi connectivity index (χ4n) is 2.92. The molecule has 0 bridgehead atoms. The molecule has 1 heterocycles. The van der Waals surface area contributed by atoms with Crippen LogP contribution < -0.4 is 14.8 Å². The molecule has 1 N–H and O–H groups in total. The number of fused-ring (bicyclic) bond motifs is 1. The van der Waals surface area contributed by atoms with Crippen LogP contribution in [0, 0.1) is 13.8 Å². The number of rotatable bonds is 4. The van der Waals surface area contributed by atoms with Gasteiger partial charge in [0.1, 0.15) is 11.5 Å². The van der Waals surface area contributed by atoms with Crippen molar-refractivity contribution < 1.29 is 14.3 Å². The number of aryl methyl sites for hydroxylation is 2. The maximum Gasteiger partial charge on any atom is 0.258 e. The molecule has 1 amide bonds. The minimum Gasteiger partial charge on any atom is -0.493 e. The smallest absolute Gasteiger partial charge is 0.258 e. The van der Waals surface area contributed by atoms with Crippen LogP contribution in [0.25, 0.3) is 0 Å². The summed E-state index contributed by atoms with van der Waals surface area (Å²) in [7, 11) is 0. The summed E-state index contributed by atoms with van der Waals surface area (Å²) in [5, 5.41) is 3.05. The third kappa shape index (κ3) is 3.73. The largest absolute Gasteiger partial charge is 0.493 e. The minimum atomic E-state index is -0.129. The highest BCUT2D eigenvalue weighted by molar-refractivity contribution is 9.10. The van der Waals surface area contributed by atoms with Crippen molar-refractivity contribution in [1.29, 1.82) is 0 Å². The van der Waals surface area contributed by atoms with Crippen molar-refractivity contribution in [2.24, 2.45) is 0 Å². The maximum atomic E-state index is 12.3. The van der Waals surface area contributed by atoms with E-state index in [1.54, 1.807) is 0 Å². The van der Waals surface area contributed by atoms with Gasteiger partial charge in [-0.1, -0.05) is 34.1 Å². The molecule has 0 spiro atoms. The molecule has 2 aromatic carbocycles. The SMILES string of the molecule is Cc1cccc(C)c1OCC(=O)NC1CCOc2ccc(Br)cc21. The van der Waals surface area contributed by atoms with Crippen LogP contribution in [0.4, 0.5) is 0 Å². The second-order valence-corrected chi connectivity index (χ2v) is 6.86. The Balaban J connectivity index is 1.65. The molecular formula is C19H20BrNO3. The van der Waals surface area contributed by atoms with E-state index in [4.69, 9.17) is 9.47 Å². The number of carbonyl (C=O) groups is 1. The molecule has 0 radical (unpaired) electrons. The third-order valence-corrected chi connectivity index (χ3v) is 4.60. The van der Waals surface area contributed by atoms with Crippen LogP contribution in [0.15, 0.2) is 40.9 Å². The molecule has 0 aromatic heterocycles. The van der Waals surface area contributed by atoms with E-state index in [-0.39, 0.29) is 18.6 Å². The highest BCUT2D eigenvalue weighted by Crippen LogP contribution is 2.34. The molecule has 0 saturated heterocycles.